The molecule has 1 saturated heterocycles. The predicted octanol–water partition coefficient (Wildman–Crippen LogP) is 0.942. The minimum atomic E-state index is 0.332. The third-order valence-electron chi connectivity index (χ3n) is 3.12. The molecule has 0 bridgehead atoms. The predicted molar refractivity (Wildman–Crippen MR) is 57.6 cm³/mol. The Bertz CT molecular complexity index is 325. The van der Waals surface area contributed by atoms with Crippen LogP contribution in [0.4, 0.5) is 6.01 Å². The summed E-state index contributed by atoms with van der Waals surface area (Å²) >= 11 is 0. The summed E-state index contributed by atoms with van der Waals surface area (Å²) in [5.74, 6) is 1.27. The zero-order valence-electron chi connectivity index (χ0n) is 9.31. The molecule has 0 spiro atoms. The van der Waals surface area contributed by atoms with Crippen molar-refractivity contribution in [1.82, 2.24) is 10.1 Å². The highest BCUT2D eigenvalue weighted by Gasteiger charge is 2.30. The number of anilines is 1. The largest absolute Gasteiger partial charge is 0.328 e. The van der Waals surface area contributed by atoms with Crippen LogP contribution >= 0.6 is 0 Å². The Hall–Kier alpha value is -1.10. The van der Waals surface area contributed by atoms with E-state index < -0.39 is 0 Å². The normalized spacial score (nSPS) is 27.0. The monoisotopic (exact) mass is 210 g/mol. The molecule has 0 amide bonds. The molecule has 1 aromatic heterocycles. The van der Waals surface area contributed by atoms with Gasteiger partial charge < -0.3 is 15.2 Å². The van der Waals surface area contributed by atoms with Gasteiger partial charge >= 0.3 is 6.01 Å². The lowest BCUT2D eigenvalue weighted by Crippen LogP contribution is -2.49. The van der Waals surface area contributed by atoms with Gasteiger partial charge in [0.25, 0.3) is 0 Å². The zero-order valence-corrected chi connectivity index (χ0v) is 9.31. The Morgan fingerprint density at radius 1 is 1.60 bits per heavy atom. The van der Waals surface area contributed by atoms with Gasteiger partial charge in [-0.25, -0.2) is 0 Å². The van der Waals surface area contributed by atoms with Gasteiger partial charge in [-0.1, -0.05) is 12.1 Å². The van der Waals surface area contributed by atoms with Crippen molar-refractivity contribution in [2.45, 2.75) is 32.7 Å². The number of nitrogens with zero attached hydrogens (tertiary/aromatic N) is 3. The Morgan fingerprint density at radius 3 is 3.00 bits per heavy atom. The molecule has 5 nitrogen and oxygen atoms in total. The topological polar surface area (TPSA) is 68.2 Å². The maximum atomic E-state index is 5.80. The molecule has 2 unspecified atom stereocenters. The van der Waals surface area contributed by atoms with Crippen LogP contribution in [-0.4, -0.2) is 29.3 Å². The molecule has 2 heterocycles. The van der Waals surface area contributed by atoms with Gasteiger partial charge in [-0.15, -0.1) is 0 Å². The molecular weight excluding hydrogens is 192 g/mol. The fourth-order valence-electron chi connectivity index (χ4n) is 2.25. The van der Waals surface area contributed by atoms with E-state index in [2.05, 4.69) is 22.0 Å². The molecule has 1 aliphatic heterocycles. The van der Waals surface area contributed by atoms with Gasteiger partial charge in [0.15, 0.2) is 5.82 Å². The molecule has 2 atom stereocenters. The molecule has 0 aliphatic carbocycles. The van der Waals surface area contributed by atoms with E-state index in [-0.39, 0.29) is 0 Å². The standard InChI is InChI=1S/C10H18N4O/c1-7-4-3-5-14(9(7)6-11)10-12-8(2)13-15-10/h7,9H,3-6,11H2,1-2H3. The van der Waals surface area contributed by atoms with E-state index in [1.807, 2.05) is 6.92 Å². The summed E-state index contributed by atoms with van der Waals surface area (Å²) in [5, 5.41) is 3.82. The first-order valence-electron chi connectivity index (χ1n) is 5.49. The van der Waals surface area contributed by atoms with E-state index in [9.17, 15) is 0 Å². The summed E-state index contributed by atoms with van der Waals surface area (Å²) in [6.07, 6.45) is 2.39. The van der Waals surface area contributed by atoms with Gasteiger partial charge in [0.1, 0.15) is 0 Å². The SMILES string of the molecule is Cc1noc(N2CCCC(C)C2CN)n1. The minimum absolute atomic E-state index is 0.332. The summed E-state index contributed by atoms with van der Waals surface area (Å²) in [7, 11) is 0. The first kappa shape index (κ1) is 10.4. The maximum Gasteiger partial charge on any atom is 0.324 e. The molecule has 0 radical (unpaired) electrons. The van der Waals surface area contributed by atoms with Gasteiger partial charge in [-0.3, -0.25) is 0 Å². The Labute approximate surface area is 89.6 Å². The van der Waals surface area contributed by atoms with Crippen LogP contribution in [0, 0.1) is 12.8 Å². The zero-order chi connectivity index (χ0) is 10.8. The van der Waals surface area contributed by atoms with E-state index in [1.54, 1.807) is 0 Å². The van der Waals surface area contributed by atoms with Crippen molar-refractivity contribution in [3.8, 4) is 0 Å². The molecule has 5 heteroatoms. The van der Waals surface area contributed by atoms with E-state index in [0.717, 1.165) is 6.54 Å². The number of piperidine rings is 1. The van der Waals surface area contributed by atoms with Crippen molar-refractivity contribution in [1.29, 1.82) is 0 Å². The second kappa shape index (κ2) is 4.18. The van der Waals surface area contributed by atoms with Crippen molar-refractivity contribution in [3.63, 3.8) is 0 Å². The Balaban J connectivity index is 2.19. The summed E-state index contributed by atoms with van der Waals surface area (Å²) < 4.78 is 5.19. The lowest BCUT2D eigenvalue weighted by molar-refractivity contribution is 0.315. The summed E-state index contributed by atoms with van der Waals surface area (Å²) in [5.41, 5.74) is 5.80. The van der Waals surface area contributed by atoms with E-state index in [1.165, 1.54) is 12.8 Å². The first-order chi connectivity index (χ1) is 7.22. The van der Waals surface area contributed by atoms with Crippen LogP contribution in [0.15, 0.2) is 4.52 Å². The fourth-order valence-corrected chi connectivity index (χ4v) is 2.25. The van der Waals surface area contributed by atoms with Crippen LogP contribution in [0.3, 0.4) is 0 Å². The smallest absolute Gasteiger partial charge is 0.324 e. The molecule has 2 N–H and O–H groups in total. The molecule has 1 aliphatic rings. The average Bonchev–Trinajstić information content (AvgIpc) is 2.64. The molecule has 15 heavy (non-hydrogen) atoms. The molecule has 0 saturated carbocycles. The van der Waals surface area contributed by atoms with Gasteiger partial charge in [-0.05, 0) is 25.7 Å². The molecule has 0 aromatic carbocycles. The quantitative estimate of drug-likeness (QED) is 0.786. The minimum Gasteiger partial charge on any atom is -0.328 e. The van der Waals surface area contributed by atoms with Gasteiger partial charge in [0.2, 0.25) is 0 Å². The van der Waals surface area contributed by atoms with Gasteiger partial charge in [-0.2, -0.15) is 4.98 Å². The van der Waals surface area contributed by atoms with Crippen molar-refractivity contribution < 1.29 is 4.52 Å². The summed E-state index contributed by atoms with van der Waals surface area (Å²) in [6.45, 7) is 5.67. The van der Waals surface area contributed by atoms with Crippen molar-refractivity contribution in [2.24, 2.45) is 11.7 Å². The Morgan fingerprint density at radius 2 is 2.40 bits per heavy atom. The maximum absolute atomic E-state index is 5.80. The molecule has 1 aromatic rings. The first-order valence-corrected chi connectivity index (χ1v) is 5.49. The van der Waals surface area contributed by atoms with Crippen molar-refractivity contribution in [2.75, 3.05) is 18.0 Å². The number of hydrogen-bond donors (Lipinski definition) is 1. The summed E-state index contributed by atoms with van der Waals surface area (Å²) in [6, 6.07) is 0.952. The molecular formula is C10H18N4O. The van der Waals surface area contributed by atoms with Crippen LogP contribution in [-0.2, 0) is 0 Å². The highest BCUT2D eigenvalue weighted by atomic mass is 16.5. The number of aryl methyl sites for hydroxylation is 1. The highest BCUT2D eigenvalue weighted by Crippen LogP contribution is 2.26. The van der Waals surface area contributed by atoms with Crippen LogP contribution in [0.1, 0.15) is 25.6 Å². The van der Waals surface area contributed by atoms with E-state index in [4.69, 9.17) is 10.3 Å². The second-order valence-electron chi connectivity index (χ2n) is 4.24. The molecule has 1 fully saturated rings. The third kappa shape index (κ3) is 1.97. The second-order valence-corrected chi connectivity index (χ2v) is 4.24. The number of aromatic nitrogens is 2. The van der Waals surface area contributed by atoms with Gasteiger partial charge in [0.05, 0.1) is 0 Å². The number of nitrogens with two attached hydrogens (primary N) is 1. The van der Waals surface area contributed by atoms with Crippen LogP contribution in [0.25, 0.3) is 0 Å². The van der Waals surface area contributed by atoms with Crippen LogP contribution in [0.2, 0.25) is 0 Å². The fraction of sp³-hybridized carbons (Fsp3) is 0.800. The lowest BCUT2D eigenvalue weighted by atomic mass is 9.91. The van der Waals surface area contributed by atoms with Gasteiger partial charge in [0, 0.05) is 19.1 Å². The lowest BCUT2D eigenvalue weighted by Gasteiger charge is -2.37. The number of rotatable bonds is 2. The van der Waals surface area contributed by atoms with Crippen LogP contribution in [0.5, 0.6) is 0 Å². The summed E-state index contributed by atoms with van der Waals surface area (Å²) in [4.78, 5) is 6.41. The van der Waals surface area contributed by atoms with E-state index in [0.29, 0.717) is 30.3 Å². The Kier molecular flexibility index (Phi) is 2.90. The molecule has 84 valence electrons. The average molecular weight is 210 g/mol. The highest BCUT2D eigenvalue weighted by molar-refractivity contribution is 5.29. The van der Waals surface area contributed by atoms with E-state index >= 15 is 0 Å². The van der Waals surface area contributed by atoms with Crippen molar-refractivity contribution in [3.05, 3.63) is 5.82 Å². The van der Waals surface area contributed by atoms with Crippen molar-refractivity contribution >= 4 is 6.01 Å². The molecule has 2 rings (SSSR count). The third-order valence-corrected chi connectivity index (χ3v) is 3.12. The number of hydrogen-bond acceptors (Lipinski definition) is 5. The van der Waals surface area contributed by atoms with Crippen LogP contribution < -0.4 is 10.6 Å².